The Hall–Kier alpha value is -1.89. The molecule has 1 fully saturated rings. The van der Waals surface area contributed by atoms with Crippen LogP contribution in [0.1, 0.15) is 17.2 Å². The molecule has 1 heterocycles. The van der Waals surface area contributed by atoms with E-state index >= 15 is 0 Å². The minimum Gasteiger partial charge on any atom is -0.435 e. The number of nitrogens with zero attached hydrogens (tertiary/aromatic N) is 1. The van der Waals surface area contributed by atoms with Gasteiger partial charge in [-0.1, -0.05) is 41.9 Å². The van der Waals surface area contributed by atoms with Crippen molar-refractivity contribution in [2.45, 2.75) is 19.1 Å². The Morgan fingerprint density at radius 3 is 2.78 bits per heavy atom. The molecule has 1 unspecified atom stereocenters. The van der Waals surface area contributed by atoms with E-state index in [9.17, 15) is 13.6 Å². The lowest BCUT2D eigenvalue weighted by Gasteiger charge is -2.37. The van der Waals surface area contributed by atoms with Gasteiger partial charge >= 0.3 is 6.61 Å². The van der Waals surface area contributed by atoms with Crippen molar-refractivity contribution in [1.82, 2.24) is 10.2 Å². The molecule has 0 aliphatic carbocycles. The maximum Gasteiger partial charge on any atom is 0.387 e. The summed E-state index contributed by atoms with van der Waals surface area (Å²) in [4.78, 5) is 14.7. The van der Waals surface area contributed by atoms with Gasteiger partial charge in [0, 0.05) is 24.7 Å². The van der Waals surface area contributed by atoms with Gasteiger partial charge in [0.1, 0.15) is 5.75 Å². The van der Waals surface area contributed by atoms with Crippen molar-refractivity contribution >= 4 is 29.9 Å². The van der Waals surface area contributed by atoms with Crippen LogP contribution in [0.15, 0.2) is 48.5 Å². The van der Waals surface area contributed by atoms with Gasteiger partial charge in [-0.2, -0.15) is 8.78 Å². The fourth-order valence-corrected chi connectivity index (χ4v) is 3.40. The number of nitrogens with one attached hydrogen (secondary N) is 1. The molecule has 8 heteroatoms. The predicted molar refractivity (Wildman–Crippen MR) is 103 cm³/mol. The van der Waals surface area contributed by atoms with E-state index in [2.05, 4.69) is 10.1 Å². The monoisotopic (exact) mass is 416 g/mol. The van der Waals surface area contributed by atoms with Gasteiger partial charge < -0.3 is 15.0 Å². The Morgan fingerprint density at radius 2 is 2.04 bits per heavy atom. The molecular weight excluding hydrogens is 397 g/mol. The van der Waals surface area contributed by atoms with E-state index < -0.39 is 6.61 Å². The quantitative estimate of drug-likeness (QED) is 0.798. The van der Waals surface area contributed by atoms with Gasteiger partial charge in [-0.25, -0.2) is 0 Å². The normalized spacial score (nSPS) is 16.7. The second-order valence-corrected chi connectivity index (χ2v) is 6.44. The molecule has 0 spiro atoms. The van der Waals surface area contributed by atoms with Crippen LogP contribution in [-0.2, 0) is 11.2 Å². The molecule has 1 amide bonds. The molecule has 27 heavy (non-hydrogen) atoms. The summed E-state index contributed by atoms with van der Waals surface area (Å²) in [6.07, 6.45) is 0.112. The first-order valence-corrected chi connectivity index (χ1v) is 8.71. The summed E-state index contributed by atoms with van der Waals surface area (Å²) < 4.78 is 29.1. The van der Waals surface area contributed by atoms with Crippen LogP contribution >= 0.6 is 24.0 Å². The number of benzene rings is 2. The Kier molecular flexibility index (Phi) is 7.83. The lowest BCUT2D eigenvalue weighted by Crippen LogP contribution is -2.49. The average molecular weight is 417 g/mol. The first-order chi connectivity index (χ1) is 12.5. The first-order valence-electron chi connectivity index (χ1n) is 8.33. The molecule has 0 radical (unpaired) electrons. The second kappa shape index (κ2) is 9.88. The van der Waals surface area contributed by atoms with Gasteiger partial charge in [-0.15, -0.1) is 12.4 Å². The van der Waals surface area contributed by atoms with E-state index in [1.165, 1.54) is 12.1 Å². The molecule has 3 rings (SSSR count). The Labute approximate surface area is 167 Å². The molecule has 0 aromatic heterocycles. The van der Waals surface area contributed by atoms with Crippen molar-refractivity contribution in [2.75, 3.05) is 19.6 Å². The number of carbonyl (C=O) groups excluding carboxylic acids is 1. The summed E-state index contributed by atoms with van der Waals surface area (Å²) in [5.74, 6) is -0.0288. The number of amides is 1. The van der Waals surface area contributed by atoms with E-state index in [0.29, 0.717) is 30.2 Å². The van der Waals surface area contributed by atoms with E-state index in [1.54, 1.807) is 23.1 Å². The van der Waals surface area contributed by atoms with Crippen molar-refractivity contribution in [3.05, 3.63) is 64.7 Å². The fraction of sp³-hybridized carbons (Fsp3) is 0.316. The minimum atomic E-state index is -2.89. The molecule has 0 bridgehead atoms. The van der Waals surface area contributed by atoms with Crippen LogP contribution < -0.4 is 10.1 Å². The highest BCUT2D eigenvalue weighted by Gasteiger charge is 2.29. The molecule has 1 N–H and O–H groups in total. The maximum atomic E-state index is 12.9. The van der Waals surface area contributed by atoms with Gasteiger partial charge in [0.15, 0.2) is 0 Å². The summed E-state index contributed by atoms with van der Waals surface area (Å²) in [6.45, 7) is -1.02. The molecule has 0 saturated carbocycles. The van der Waals surface area contributed by atoms with Crippen molar-refractivity contribution in [1.29, 1.82) is 0 Å². The van der Waals surface area contributed by atoms with Crippen LogP contribution in [0.5, 0.6) is 5.75 Å². The zero-order valence-electron chi connectivity index (χ0n) is 14.4. The van der Waals surface area contributed by atoms with Crippen LogP contribution in [0.4, 0.5) is 8.78 Å². The lowest BCUT2D eigenvalue weighted by molar-refractivity contribution is -0.133. The lowest BCUT2D eigenvalue weighted by atomic mass is 10.0. The number of ether oxygens (including phenoxy) is 1. The average Bonchev–Trinajstić information content (AvgIpc) is 2.62. The Balaban J connectivity index is 0.00000261. The molecule has 1 aliphatic heterocycles. The summed E-state index contributed by atoms with van der Waals surface area (Å²) >= 11 is 6.30. The highest BCUT2D eigenvalue weighted by Crippen LogP contribution is 2.29. The summed E-state index contributed by atoms with van der Waals surface area (Å²) in [7, 11) is 0. The topological polar surface area (TPSA) is 41.6 Å². The molecule has 1 atom stereocenters. The molecule has 4 nitrogen and oxygen atoms in total. The summed E-state index contributed by atoms with van der Waals surface area (Å²) in [5.41, 5.74) is 1.52. The smallest absolute Gasteiger partial charge is 0.387 e. The predicted octanol–water partition coefficient (Wildman–Crippen LogP) is 4.08. The third-order valence-corrected chi connectivity index (χ3v) is 4.65. The van der Waals surface area contributed by atoms with Gasteiger partial charge in [0.25, 0.3) is 0 Å². The molecule has 146 valence electrons. The number of piperazine rings is 1. The highest BCUT2D eigenvalue weighted by atomic mass is 35.5. The van der Waals surface area contributed by atoms with E-state index in [4.69, 9.17) is 11.6 Å². The van der Waals surface area contributed by atoms with Gasteiger partial charge in [-0.05, 0) is 29.3 Å². The fourth-order valence-electron chi connectivity index (χ4n) is 3.13. The zero-order valence-corrected chi connectivity index (χ0v) is 16.0. The summed E-state index contributed by atoms with van der Waals surface area (Å²) in [6, 6.07) is 13.5. The van der Waals surface area contributed by atoms with E-state index in [1.807, 2.05) is 18.2 Å². The number of hydrogen-bond acceptors (Lipinski definition) is 3. The van der Waals surface area contributed by atoms with Crippen LogP contribution in [0.3, 0.4) is 0 Å². The standard InChI is InChI=1S/C19H19ClF2N2O2.ClH/c20-16-7-2-1-6-15(16)17-12-23-8-9-24(17)18(25)11-13-4-3-5-14(10-13)26-19(21)22;/h1-7,10,17,19,23H,8-9,11-12H2;1H. The SMILES string of the molecule is Cl.O=C(Cc1cccc(OC(F)F)c1)N1CCNCC1c1ccccc1Cl. The van der Waals surface area contributed by atoms with Crippen molar-refractivity contribution in [3.63, 3.8) is 0 Å². The first kappa shape index (κ1) is 21.4. The Bertz CT molecular complexity index is 777. The maximum absolute atomic E-state index is 12.9. The number of halogens is 4. The van der Waals surface area contributed by atoms with Crippen LogP contribution in [0.25, 0.3) is 0 Å². The van der Waals surface area contributed by atoms with Gasteiger partial charge in [0.05, 0.1) is 12.5 Å². The molecular formula is C19H20Cl2F2N2O2. The Morgan fingerprint density at radius 1 is 1.26 bits per heavy atom. The van der Waals surface area contributed by atoms with Gasteiger partial charge in [0.2, 0.25) is 5.91 Å². The zero-order chi connectivity index (χ0) is 18.5. The van der Waals surface area contributed by atoms with Crippen LogP contribution in [0.2, 0.25) is 5.02 Å². The third-order valence-electron chi connectivity index (χ3n) is 4.31. The second-order valence-electron chi connectivity index (χ2n) is 6.03. The van der Waals surface area contributed by atoms with Crippen LogP contribution in [-0.4, -0.2) is 37.1 Å². The molecule has 1 saturated heterocycles. The number of hydrogen-bond donors (Lipinski definition) is 1. The van der Waals surface area contributed by atoms with E-state index in [-0.39, 0.29) is 36.5 Å². The third kappa shape index (κ3) is 5.54. The van der Waals surface area contributed by atoms with Gasteiger partial charge in [-0.3, -0.25) is 4.79 Å². The largest absolute Gasteiger partial charge is 0.435 e. The molecule has 2 aromatic carbocycles. The number of carbonyl (C=O) groups is 1. The van der Waals surface area contributed by atoms with Crippen molar-refractivity contribution < 1.29 is 18.3 Å². The molecule has 2 aromatic rings. The highest BCUT2D eigenvalue weighted by molar-refractivity contribution is 6.31. The van der Waals surface area contributed by atoms with E-state index in [0.717, 1.165) is 5.56 Å². The molecule has 1 aliphatic rings. The minimum absolute atomic E-state index is 0. The van der Waals surface area contributed by atoms with Crippen molar-refractivity contribution in [2.24, 2.45) is 0 Å². The number of rotatable bonds is 5. The number of alkyl halides is 2. The summed E-state index contributed by atoms with van der Waals surface area (Å²) in [5, 5.41) is 3.90. The van der Waals surface area contributed by atoms with Crippen LogP contribution in [0, 0.1) is 0 Å². The van der Waals surface area contributed by atoms with Crippen molar-refractivity contribution in [3.8, 4) is 5.75 Å².